The Hall–Kier alpha value is -2.36. The van der Waals surface area contributed by atoms with Gasteiger partial charge < -0.3 is 9.47 Å². The van der Waals surface area contributed by atoms with Gasteiger partial charge in [0.1, 0.15) is 10.1 Å². The minimum absolute atomic E-state index is 0.130. The topological polar surface area (TPSA) is 74.2 Å². The summed E-state index contributed by atoms with van der Waals surface area (Å²) in [7, 11) is 0. The van der Waals surface area contributed by atoms with Crippen molar-refractivity contribution < 1.29 is 27.4 Å². The molecule has 1 unspecified atom stereocenters. The van der Waals surface area contributed by atoms with Gasteiger partial charge in [-0.2, -0.15) is 13.2 Å². The third-order valence-corrected chi connectivity index (χ3v) is 3.68. The number of alkyl halides is 3. The van der Waals surface area contributed by atoms with Crippen LogP contribution in [0.15, 0.2) is 40.5 Å². The lowest BCUT2D eigenvalue weighted by Crippen LogP contribution is -2.26. The van der Waals surface area contributed by atoms with E-state index in [1.165, 1.54) is 19.1 Å². The normalized spacial score (nSPS) is 12.5. The van der Waals surface area contributed by atoms with Crippen molar-refractivity contribution in [1.29, 1.82) is 0 Å². The molecule has 0 N–H and O–H groups in total. The molecule has 0 aliphatic carbocycles. The van der Waals surface area contributed by atoms with Crippen LogP contribution in [0.5, 0.6) is 5.88 Å². The molecule has 0 radical (unpaired) electrons. The quantitative estimate of drug-likeness (QED) is 0.719. The Morgan fingerprint density at radius 3 is 2.44 bits per heavy atom. The Bertz CT molecular complexity index is 709. The van der Waals surface area contributed by atoms with Crippen molar-refractivity contribution in [3.63, 3.8) is 0 Å². The van der Waals surface area contributed by atoms with Gasteiger partial charge in [0.05, 0.1) is 12.2 Å². The van der Waals surface area contributed by atoms with Gasteiger partial charge in [-0.3, -0.25) is 0 Å². The molecule has 2 heterocycles. The van der Waals surface area contributed by atoms with Crippen molar-refractivity contribution in [3.8, 4) is 5.88 Å². The predicted molar refractivity (Wildman–Crippen MR) is 82.1 cm³/mol. The zero-order chi connectivity index (χ0) is 18.4. The summed E-state index contributed by atoms with van der Waals surface area (Å²) in [5.74, 6) is -0.387. The van der Waals surface area contributed by atoms with Crippen LogP contribution in [0.4, 0.5) is 13.2 Å². The summed E-state index contributed by atoms with van der Waals surface area (Å²) in [5, 5.41) is 8.45. The van der Waals surface area contributed by atoms with Crippen LogP contribution < -0.4 is 4.74 Å². The van der Waals surface area contributed by atoms with Gasteiger partial charge in [-0.1, -0.05) is 0 Å². The van der Waals surface area contributed by atoms with Gasteiger partial charge in [0, 0.05) is 12.3 Å². The molecule has 0 aliphatic heterocycles. The van der Waals surface area contributed by atoms with E-state index in [0.29, 0.717) is 10.1 Å². The molecule has 0 bridgehead atoms. The number of carbonyl (C=O) groups excluding carboxylic acids is 1. The largest absolute Gasteiger partial charge is 0.463 e. The Labute approximate surface area is 145 Å². The van der Waals surface area contributed by atoms with Crippen molar-refractivity contribution in [3.05, 3.63) is 36.0 Å². The third kappa shape index (κ3) is 5.59. The summed E-state index contributed by atoms with van der Waals surface area (Å²) in [5.41, 5.74) is -0.820. The van der Waals surface area contributed by atoms with Crippen molar-refractivity contribution in [2.75, 3.05) is 6.61 Å². The molecule has 0 aliphatic rings. The number of hydrogen-bond acceptors (Lipinski definition) is 7. The minimum atomic E-state index is -4.43. The first-order chi connectivity index (χ1) is 11.8. The Morgan fingerprint density at radius 1 is 1.20 bits per heavy atom. The van der Waals surface area contributed by atoms with E-state index in [-0.39, 0.29) is 12.5 Å². The van der Waals surface area contributed by atoms with Crippen molar-refractivity contribution >= 4 is 17.7 Å². The smallest absolute Gasteiger partial charge is 0.417 e. The van der Waals surface area contributed by atoms with E-state index in [9.17, 15) is 18.0 Å². The molecule has 2 rings (SSSR count). The molecular formula is C15H14F3N3O3S. The van der Waals surface area contributed by atoms with E-state index < -0.39 is 23.8 Å². The van der Waals surface area contributed by atoms with Crippen molar-refractivity contribution in [2.24, 2.45) is 0 Å². The molecule has 10 heteroatoms. The number of rotatable bonds is 6. The maximum Gasteiger partial charge on any atom is 0.417 e. The molecule has 2 aromatic rings. The highest BCUT2D eigenvalue weighted by atomic mass is 32.2. The molecule has 1 atom stereocenters. The van der Waals surface area contributed by atoms with E-state index in [4.69, 9.17) is 9.47 Å². The van der Waals surface area contributed by atoms with E-state index in [0.717, 1.165) is 24.0 Å². The van der Waals surface area contributed by atoms with Gasteiger partial charge in [-0.05, 0) is 43.8 Å². The second-order valence-corrected chi connectivity index (χ2v) is 5.75. The molecule has 0 saturated heterocycles. The summed E-state index contributed by atoms with van der Waals surface area (Å²) in [6.45, 7) is 3.45. The zero-order valence-electron chi connectivity index (χ0n) is 13.3. The first-order valence-corrected chi connectivity index (χ1v) is 7.99. The second-order valence-electron chi connectivity index (χ2n) is 4.71. The molecule has 0 saturated carbocycles. The molecule has 0 aromatic carbocycles. The number of esters is 1. The fourth-order valence-electron chi connectivity index (χ4n) is 1.63. The molecule has 0 spiro atoms. The number of carbonyl (C=O) groups is 1. The molecule has 134 valence electrons. The lowest BCUT2D eigenvalue weighted by molar-refractivity contribution is -0.150. The fraction of sp³-hybridized carbons (Fsp3) is 0.333. The zero-order valence-corrected chi connectivity index (χ0v) is 14.1. The SMILES string of the molecule is CCOC(=O)C(C)Oc1ccc(Sc2ccc(C(F)(F)F)cn2)nn1. The Kier molecular flexibility index (Phi) is 6.18. The highest BCUT2D eigenvalue weighted by Gasteiger charge is 2.30. The standard InChI is InChI=1S/C15H14F3N3O3S/c1-3-23-14(22)9(2)24-11-5-7-13(21-20-11)25-12-6-4-10(8-19-12)15(16,17)18/h4-9H,3H2,1-2H3. The number of pyridine rings is 1. The van der Waals surface area contributed by atoms with Crippen molar-refractivity contribution in [2.45, 2.75) is 36.2 Å². The average Bonchev–Trinajstić information content (AvgIpc) is 2.56. The van der Waals surface area contributed by atoms with Crippen LogP contribution in [0.1, 0.15) is 19.4 Å². The maximum atomic E-state index is 12.5. The summed E-state index contributed by atoms with van der Waals surface area (Å²) < 4.78 is 47.5. The van der Waals surface area contributed by atoms with Crippen LogP contribution in [0.2, 0.25) is 0 Å². The molecule has 0 fully saturated rings. The third-order valence-electron chi connectivity index (χ3n) is 2.80. The van der Waals surface area contributed by atoms with Gasteiger partial charge in [-0.15, -0.1) is 10.2 Å². The van der Waals surface area contributed by atoms with Crippen LogP contribution in [0.3, 0.4) is 0 Å². The summed E-state index contributed by atoms with van der Waals surface area (Å²) >= 11 is 1.05. The summed E-state index contributed by atoms with van der Waals surface area (Å²) in [4.78, 5) is 15.2. The van der Waals surface area contributed by atoms with Crippen LogP contribution in [-0.2, 0) is 15.7 Å². The molecule has 6 nitrogen and oxygen atoms in total. The number of ether oxygens (including phenoxy) is 2. The summed E-state index contributed by atoms with van der Waals surface area (Å²) in [6.07, 6.45) is -4.50. The van der Waals surface area contributed by atoms with E-state index in [1.54, 1.807) is 13.0 Å². The van der Waals surface area contributed by atoms with Crippen LogP contribution in [-0.4, -0.2) is 33.9 Å². The highest BCUT2D eigenvalue weighted by molar-refractivity contribution is 7.99. The number of halogens is 3. The molecule has 25 heavy (non-hydrogen) atoms. The van der Waals surface area contributed by atoms with Gasteiger partial charge in [0.15, 0.2) is 6.10 Å². The first-order valence-electron chi connectivity index (χ1n) is 7.17. The lowest BCUT2D eigenvalue weighted by atomic mass is 10.3. The minimum Gasteiger partial charge on any atom is -0.463 e. The Morgan fingerprint density at radius 2 is 1.92 bits per heavy atom. The number of nitrogens with zero attached hydrogens (tertiary/aromatic N) is 3. The highest BCUT2D eigenvalue weighted by Crippen LogP contribution is 2.31. The van der Waals surface area contributed by atoms with Gasteiger partial charge >= 0.3 is 12.1 Å². The number of hydrogen-bond donors (Lipinski definition) is 0. The van der Waals surface area contributed by atoms with E-state index in [1.807, 2.05) is 0 Å². The van der Waals surface area contributed by atoms with Crippen LogP contribution in [0.25, 0.3) is 0 Å². The molecule has 0 amide bonds. The van der Waals surface area contributed by atoms with Gasteiger partial charge in [0.25, 0.3) is 0 Å². The monoisotopic (exact) mass is 373 g/mol. The maximum absolute atomic E-state index is 12.5. The van der Waals surface area contributed by atoms with Gasteiger partial charge in [0.2, 0.25) is 5.88 Å². The Balaban J connectivity index is 1.97. The van der Waals surface area contributed by atoms with E-state index >= 15 is 0 Å². The number of aromatic nitrogens is 3. The average molecular weight is 373 g/mol. The van der Waals surface area contributed by atoms with Gasteiger partial charge in [-0.25, -0.2) is 9.78 Å². The fourth-order valence-corrected chi connectivity index (χ4v) is 2.30. The van der Waals surface area contributed by atoms with E-state index in [2.05, 4.69) is 15.2 Å². The predicted octanol–water partition coefficient (Wildman–Crippen LogP) is 3.37. The molecule has 2 aromatic heterocycles. The van der Waals surface area contributed by atoms with Crippen molar-refractivity contribution in [1.82, 2.24) is 15.2 Å². The van der Waals surface area contributed by atoms with Crippen LogP contribution >= 0.6 is 11.8 Å². The lowest BCUT2D eigenvalue weighted by Gasteiger charge is -2.12. The second kappa shape index (κ2) is 8.15. The first kappa shape index (κ1) is 19.0. The summed E-state index contributed by atoms with van der Waals surface area (Å²) in [6, 6.07) is 5.25. The van der Waals surface area contributed by atoms with Crippen LogP contribution in [0, 0.1) is 0 Å². The molecular weight excluding hydrogens is 359 g/mol.